The first-order chi connectivity index (χ1) is 9.60. The average Bonchev–Trinajstić information content (AvgIpc) is 3.13. The summed E-state index contributed by atoms with van der Waals surface area (Å²) in [6, 6.07) is -3.24. The van der Waals surface area contributed by atoms with E-state index in [1.54, 1.807) is 0 Å². The van der Waals surface area contributed by atoms with Crippen LogP contribution in [0.1, 0.15) is 25.7 Å². The number of carbonyl (C=O) groups excluding carboxylic acids is 1. The van der Waals surface area contributed by atoms with Gasteiger partial charge in [-0.25, -0.2) is 9.59 Å². The lowest BCUT2D eigenvalue weighted by Crippen LogP contribution is -2.51. The largest absolute Gasteiger partial charge is 0.481 e. The number of urea groups is 1. The molecule has 0 radical (unpaired) electrons. The van der Waals surface area contributed by atoms with Gasteiger partial charge in [-0.2, -0.15) is 13.2 Å². The van der Waals surface area contributed by atoms with E-state index in [1.165, 1.54) is 0 Å². The molecule has 0 bridgehead atoms. The van der Waals surface area contributed by atoms with Crippen molar-refractivity contribution in [3.05, 3.63) is 0 Å². The number of carboxylic acids is 2. The lowest BCUT2D eigenvalue weighted by atomic mass is 10.1. The average molecular weight is 312 g/mol. The van der Waals surface area contributed by atoms with Crippen LogP contribution in [0.2, 0.25) is 0 Å². The summed E-state index contributed by atoms with van der Waals surface area (Å²) in [5.74, 6) is -2.75. The van der Waals surface area contributed by atoms with Crippen LogP contribution < -0.4 is 5.32 Å². The zero-order valence-corrected chi connectivity index (χ0v) is 10.9. The molecule has 10 heteroatoms. The number of aliphatic carboxylic acids is 2. The van der Waals surface area contributed by atoms with E-state index < -0.39 is 55.6 Å². The maximum atomic E-state index is 12.4. The minimum atomic E-state index is -4.58. The maximum absolute atomic E-state index is 12.4. The molecule has 0 saturated heterocycles. The third kappa shape index (κ3) is 6.32. The second kappa shape index (κ2) is 6.64. The number of carbonyl (C=O) groups is 3. The summed E-state index contributed by atoms with van der Waals surface area (Å²) >= 11 is 0. The van der Waals surface area contributed by atoms with Crippen LogP contribution in [0, 0.1) is 0 Å². The predicted octanol–water partition coefficient (Wildman–Crippen LogP) is 1.04. The summed E-state index contributed by atoms with van der Waals surface area (Å²) in [5.41, 5.74) is 0. The van der Waals surface area contributed by atoms with E-state index in [9.17, 15) is 27.6 Å². The normalized spacial score (nSPS) is 16.1. The van der Waals surface area contributed by atoms with Gasteiger partial charge in [-0.15, -0.1) is 0 Å². The fourth-order valence-corrected chi connectivity index (χ4v) is 1.70. The van der Waals surface area contributed by atoms with E-state index in [0.29, 0.717) is 17.7 Å². The first-order valence-corrected chi connectivity index (χ1v) is 6.18. The van der Waals surface area contributed by atoms with Crippen LogP contribution in [0.4, 0.5) is 18.0 Å². The molecule has 0 heterocycles. The van der Waals surface area contributed by atoms with Gasteiger partial charge in [0.2, 0.25) is 0 Å². The molecule has 0 unspecified atom stereocenters. The van der Waals surface area contributed by atoms with Crippen molar-refractivity contribution in [1.29, 1.82) is 0 Å². The minimum Gasteiger partial charge on any atom is -0.481 e. The number of halogens is 3. The van der Waals surface area contributed by atoms with Crippen molar-refractivity contribution in [2.45, 2.75) is 43.9 Å². The molecule has 2 amide bonds. The second-order valence-electron chi connectivity index (χ2n) is 4.75. The molecule has 0 aromatic carbocycles. The van der Waals surface area contributed by atoms with Crippen molar-refractivity contribution in [2.24, 2.45) is 0 Å². The molecule has 0 spiro atoms. The number of hydrogen-bond acceptors (Lipinski definition) is 3. The van der Waals surface area contributed by atoms with Gasteiger partial charge in [-0.1, -0.05) is 0 Å². The predicted molar refractivity (Wildman–Crippen MR) is 62.6 cm³/mol. The first-order valence-electron chi connectivity index (χ1n) is 6.18. The molecule has 21 heavy (non-hydrogen) atoms. The van der Waals surface area contributed by atoms with Crippen LogP contribution in [-0.2, 0) is 9.59 Å². The van der Waals surface area contributed by atoms with Gasteiger partial charge in [0.1, 0.15) is 12.6 Å². The van der Waals surface area contributed by atoms with Gasteiger partial charge in [0, 0.05) is 12.5 Å². The van der Waals surface area contributed by atoms with Crippen molar-refractivity contribution in [3.8, 4) is 0 Å². The Kier molecular flexibility index (Phi) is 5.39. The molecule has 7 nitrogen and oxygen atoms in total. The van der Waals surface area contributed by atoms with Crippen molar-refractivity contribution < 1.29 is 37.8 Å². The molecule has 1 fully saturated rings. The Labute approximate surface area is 117 Å². The molecule has 120 valence electrons. The highest BCUT2D eigenvalue weighted by molar-refractivity contribution is 5.83. The highest BCUT2D eigenvalue weighted by Gasteiger charge is 2.41. The zero-order valence-electron chi connectivity index (χ0n) is 10.9. The van der Waals surface area contributed by atoms with E-state index in [4.69, 9.17) is 10.2 Å². The van der Waals surface area contributed by atoms with E-state index >= 15 is 0 Å². The Bertz CT molecular complexity index is 423. The molecular formula is C11H15F3N2O5. The Morgan fingerprint density at radius 2 is 1.81 bits per heavy atom. The fourth-order valence-electron chi connectivity index (χ4n) is 1.70. The van der Waals surface area contributed by atoms with Crippen LogP contribution in [0.5, 0.6) is 0 Å². The second-order valence-corrected chi connectivity index (χ2v) is 4.75. The molecule has 1 atom stereocenters. The molecule has 1 aliphatic rings. The lowest BCUT2D eigenvalue weighted by Gasteiger charge is -2.25. The Morgan fingerprint density at radius 1 is 1.24 bits per heavy atom. The van der Waals surface area contributed by atoms with Gasteiger partial charge < -0.3 is 20.4 Å². The highest BCUT2D eigenvalue weighted by atomic mass is 19.4. The number of amides is 2. The summed E-state index contributed by atoms with van der Waals surface area (Å²) in [7, 11) is 0. The first kappa shape index (κ1) is 17.1. The third-order valence-electron chi connectivity index (χ3n) is 2.84. The topological polar surface area (TPSA) is 107 Å². The molecule has 0 aromatic heterocycles. The standard InChI is InChI=1S/C11H15F3N2O5/c12-11(13,14)5-16(6-1-2-6)10(21)15-7(9(19)20)3-4-8(17)18/h6-7H,1-5H2,(H,15,21)(H,17,18)(H,19,20)/t7-/m0/s1. The van der Waals surface area contributed by atoms with Crippen LogP contribution in [0.3, 0.4) is 0 Å². The number of nitrogens with zero attached hydrogens (tertiary/aromatic N) is 1. The van der Waals surface area contributed by atoms with Gasteiger partial charge in [0.25, 0.3) is 0 Å². The lowest BCUT2D eigenvalue weighted by molar-refractivity contribution is -0.141. The summed E-state index contributed by atoms with van der Waals surface area (Å²) < 4.78 is 37.2. The Balaban J connectivity index is 2.64. The third-order valence-corrected chi connectivity index (χ3v) is 2.84. The number of rotatable bonds is 7. The smallest absolute Gasteiger partial charge is 0.406 e. The van der Waals surface area contributed by atoms with Gasteiger partial charge >= 0.3 is 24.1 Å². The van der Waals surface area contributed by atoms with E-state index in [2.05, 4.69) is 0 Å². The van der Waals surface area contributed by atoms with Crippen molar-refractivity contribution in [2.75, 3.05) is 6.54 Å². The van der Waals surface area contributed by atoms with E-state index in [0.717, 1.165) is 0 Å². The van der Waals surface area contributed by atoms with Crippen molar-refractivity contribution >= 4 is 18.0 Å². The molecule has 1 aliphatic carbocycles. The highest BCUT2D eigenvalue weighted by Crippen LogP contribution is 2.30. The number of carboxylic acid groups (broad SMARTS) is 2. The van der Waals surface area contributed by atoms with Crippen LogP contribution >= 0.6 is 0 Å². The summed E-state index contributed by atoms with van der Waals surface area (Å²) in [4.78, 5) is 33.6. The molecule has 0 aliphatic heterocycles. The number of alkyl halides is 3. The number of hydrogen-bond donors (Lipinski definition) is 3. The number of nitrogens with one attached hydrogen (secondary N) is 1. The molecule has 1 rings (SSSR count). The van der Waals surface area contributed by atoms with Gasteiger partial charge in [-0.05, 0) is 19.3 Å². The van der Waals surface area contributed by atoms with Crippen LogP contribution in [0.25, 0.3) is 0 Å². The van der Waals surface area contributed by atoms with Gasteiger partial charge in [0.15, 0.2) is 0 Å². The summed E-state index contributed by atoms with van der Waals surface area (Å²) in [5, 5.41) is 19.3. The van der Waals surface area contributed by atoms with E-state index in [1.807, 2.05) is 5.32 Å². The molecular weight excluding hydrogens is 297 g/mol. The quantitative estimate of drug-likeness (QED) is 0.651. The SMILES string of the molecule is O=C(O)CC[C@H](NC(=O)N(CC(F)(F)F)C1CC1)C(=O)O. The summed E-state index contributed by atoms with van der Waals surface area (Å²) in [6.07, 6.45) is -4.65. The summed E-state index contributed by atoms with van der Waals surface area (Å²) in [6.45, 7) is -1.46. The zero-order chi connectivity index (χ0) is 16.2. The Hall–Kier alpha value is -2.00. The molecule has 0 aromatic rings. The minimum absolute atomic E-state index is 0.402. The molecule has 1 saturated carbocycles. The molecule has 3 N–H and O–H groups in total. The van der Waals surface area contributed by atoms with Crippen molar-refractivity contribution in [1.82, 2.24) is 10.2 Å². The fraction of sp³-hybridized carbons (Fsp3) is 0.727. The monoisotopic (exact) mass is 312 g/mol. The van der Waals surface area contributed by atoms with Crippen LogP contribution in [0.15, 0.2) is 0 Å². The maximum Gasteiger partial charge on any atom is 0.406 e. The van der Waals surface area contributed by atoms with Crippen molar-refractivity contribution in [3.63, 3.8) is 0 Å². The van der Waals surface area contributed by atoms with Crippen LogP contribution in [-0.4, -0.2) is 57.9 Å². The van der Waals surface area contributed by atoms with Gasteiger partial charge in [0.05, 0.1) is 0 Å². The Morgan fingerprint density at radius 3 is 2.19 bits per heavy atom. The van der Waals surface area contributed by atoms with E-state index in [-0.39, 0.29) is 0 Å². The van der Waals surface area contributed by atoms with Gasteiger partial charge in [-0.3, -0.25) is 4.79 Å².